The number of ketones is 1. The van der Waals surface area contributed by atoms with E-state index in [-0.39, 0.29) is 12.2 Å². The number of methoxy groups -OCH3 is 1. The van der Waals surface area contributed by atoms with Crippen LogP contribution in [0.5, 0.6) is 5.75 Å². The van der Waals surface area contributed by atoms with Crippen LogP contribution in [0, 0.1) is 5.92 Å². The van der Waals surface area contributed by atoms with Crippen LogP contribution in [0.3, 0.4) is 0 Å². The van der Waals surface area contributed by atoms with Crippen LogP contribution >= 0.6 is 11.6 Å². The molecule has 0 aliphatic heterocycles. The number of ether oxygens (including phenoxy) is 2. The van der Waals surface area contributed by atoms with E-state index in [1.54, 1.807) is 37.4 Å². The van der Waals surface area contributed by atoms with Crippen molar-refractivity contribution in [1.29, 1.82) is 0 Å². The molecule has 1 unspecified atom stereocenters. The normalized spacial score (nSPS) is 11.5. The van der Waals surface area contributed by atoms with E-state index in [2.05, 4.69) is 5.32 Å². The lowest BCUT2D eigenvalue weighted by atomic mass is 9.90. The van der Waals surface area contributed by atoms with Crippen molar-refractivity contribution in [3.63, 3.8) is 0 Å². The summed E-state index contributed by atoms with van der Waals surface area (Å²) in [5.41, 5.74) is 1.98. The van der Waals surface area contributed by atoms with Crippen molar-refractivity contribution in [2.75, 3.05) is 32.0 Å². The molecule has 0 fully saturated rings. The number of benzene rings is 2. The Kier molecular flexibility index (Phi) is 7.48. The third-order valence-corrected chi connectivity index (χ3v) is 4.13. The van der Waals surface area contributed by atoms with Gasteiger partial charge in [-0.3, -0.25) is 9.59 Å². The molecule has 2 aromatic carbocycles. The lowest BCUT2D eigenvalue weighted by molar-refractivity contribution is -0.143. The van der Waals surface area contributed by atoms with E-state index in [1.165, 1.54) is 7.11 Å². The predicted molar refractivity (Wildman–Crippen MR) is 102 cm³/mol. The van der Waals surface area contributed by atoms with E-state index in [9.17, 15) is 9.59 Å². The second kappa shape index (κ2) is 9.82. The molecule has 0 aliphatic rings. The van der Waals surface area contributed by atoms with Crippen LogP contribution in [0.2, 0.25) is 0 Å². The van der Waals surface area contributed by atoms with E-state index in [4.69, 9.17) is 21.1 Å². The van der Waals surface area contributed by atoms with Crippen LogP contribution < -0.4 is 10.1 Å². The number of carbonyl (C=O) groups is 2. The maximum Gasteiger partial charge on any atom is 0.316 e. The van der Waals surface area contributed by atoms with E-state index in [1.807, 2.05) is 18.2 Å². The number of rotatable bonds is 9. The zero-order valence-corrected chi connectivity index (χ0v) is 15.6. The molecule has 2 rings (SSSR count). The smallest absolute Gasteiger partial charge is 0.316 e. The molecule has 2 aromatic rings. The number of para-hydroxylation sites is 1. The Hall–Kier alpha value is -2.53. The number of alkyl halides is 1. The average molecular weight is 376 g/mol. The highest BCUT2D eigenvalue weighted by Crippen LogP contribution is 2.23. The summed E-state index contributed by atoms with van der Waals surface area (Å²) >= 11 is 5.60. The van der Waals surface area contributed by atoms with Gasteiger partial charge in [-0.1, -0.05) is 24.3 Å². The second-order valence-electron chi connectivity index (χ2n) is 5.62. The molecule has 0 saturated heterocycles. The number of anilines is 1. The minimum absolute atomic E-state index is 0.249. The predicted octanol–water partition coefficient (Wildman–Crippen LogP) is 3.56. The van der Waals surface area contributed by atoms with Crippen molar-refractivity contribution in [3.8, 4) is 5.75 Å². The van der Waals surface area contributed by atoms with Crippen molar-refractivity contribution in [2.24, 2.45) is 5.92 Å². The number of halogens is 1. The molecular weight excluding hydrogens is 354 g/mol. The highest BCUT2D eigenvalue weighted by atomic mass is 35.5. The van der Waals surface area contributed by atoms with E-state index < -0.39 is 11.9 Å². The van der Waals surface area contributed by atoms with Gasteiger partial charge in [-0.25, -0.2) is 0 Å². The first-order chi connectivity index (χ1) is 12.6. The number of nitrogens with one attached hydrogen (secondary N) is 1. The van der Waals surface area contributed by atoms with Gasteiger partial charge in [0.05, 0.1) is 13.0 Å². The standard InChI is InChI=1S/C20H22ClNO4/c1-22-18-6-4-3-5-16(18)19(23)17(20(24)25-2)13-14-7-9-15(10-8-14)26-12-11-21/h3-10,17,22H,11-13H2,1-2H3. The first-order valence-corrected chi connectivity index (χ1v) is 8.80. The van der Waals surface area contributed by atoms with Gasteiger partial charge in [-0.2, -0.15) is 0 Å². The second-order valence-corrected chi connectivity index (χ2v) is 6.00. The van der Waals surface area contributed by atoms with Crippen molar-refractivity contribution < 1.29 is 19.1 Å². The summed E-state index contributed by atoms with van der Waals surface area (Å²) in [6.07, 6.45) is 0.249. The molecule has 0 heterocycles. The summed E-state index contributed by atoms with van der Waals surface area (Å²) in [7, 11) is 3.02. The van der Waals surface area contributed by atoms with Crippen LogP contribution in [0.15, 0.2) is 48.5 Å². The lowest BCUT2D eigenvalue weighted by Gasteiger charge is -2.16. The van der Waals surface area contributed by atoms with Crippen molar-refractivity contribution in [1.82, 2.24) is 0 Å². The Bertz CT molecular complexity index is 746. The minimum atomic E-state index is -0.913. The maximum absolute atomic E-state index is 13.0. The van der Waals surface area contributed by atoms with E-state index in [0.717, 1.165) is 5.56 Å². The van der Waals surface area contributed by atoms with Crippen LogP contribution in [0.1, 0.15) is 15.9 Å². The largest absolute Gasteiger partial charge is 0.492 e. The summed E-state index contributed by atoms with van der Waals surface area (Å²) < 4.78 is 10.3. The van der Waals surface area contributed by atoms with Crippen molar-refractivity contribution in [3.05, 3.63) is 59.7 Å². The van der Waals surface area contributed by atoms with Crippen LogP contribution in [0.4, 0.5) is 5.69 Å². The zero-order valence-electron chi connectivity index (χ0n) is 14.8. The van der Waals surface area contributed by atoms with Crippen LogP contribution in [-0.2, 0) is 16.0 Å². The summed E-state index contributed by atoms with van der Waals surface area (Å²) in [5, 5.41) is 2.98. The molecule has 138 valence electrons. The fraction of sp³-hybridized carbons (Fsp3) is 0.300. The molecule has 5 nitrogen and oxygen atoms in total. The Morgan fingerprint density at radius 1 is 1.12 bits per heavy atom. The molecule has 0 amide bonds. The lowest BCUT2D eigenvalue weighted by Crippen LogP contribution is -2.28. The molecule has 0 spiro atoms. The van der Waals surface area contributed by atoms with Crippen molar-refractivity contribution >= 4 is 29.0 Å². The molecular formula is C20H22ClNO4. The Morgan fingerprint density at radius 3 is 2.42 bits per heavy atom. The monoisotopic (exact) mass is 375 g/mol. The van der Waals surface area contributed by atoms with Crippen LogP contribution in [0.25, 0.3) is 0 Å². The quantitative estimate of drug-likeness (QED) is 0.314. The molecule has 0 bridgehead atoms. The molecule has 1 atom stereocenters. The molecule has 26 heavy (non-hydrogen) atoms. The number of esters is 1. The SMILES string of the molecule is CNc1ccccc1C(=O)C(Cc1ccc(OCCCl)cc1)C(=O)OC. The number of carbonyl (C=O) groups excluding carboxylic acids is 2. The van der Waals surface area contributed by atoms with Gasteiger partial charge in [0.2, 0.25) is 0 Å². The first-order valence-electron chi connectivity index (χ1n) is 8.27. The maximum atomic E-state index is 13.0. The minimum Gasteiger partial charge on any atom is -0.492 e. The van der Waals surface area contributed by atoms with Gasteiger partial charge in [0, 0.05) is 18.3 Å². The number of hydrogen-bond acceptors (Lipinski definition) is 5. The molecule has 1 N–H and O–H groups in total. The molecule has 6 heteroatoms. The molecule has 0 radical (unpaired) electrons. The van der Waals surface area contributed by atoms with Gasteiger partial charge in [0.1, 0.15) is 18.3 Å². The summed E-state index contributed by atoms with van der Waals surface area (Å²) in [6.45, 7) is 0.422. The molecule has 0 saturated carbocycles. The third-order valence-electron chi connectivity index (χ3n) is 3.97. The topological polar surface area (TPSA) is 64.6 Å². The fourth-order valence-corrected chi connectivity index (χ4v) is 2.72. The highest BCUT2D eigenvalue weighted by molar-refractivity contribution is 6.18. The van der Waals surface area contributed by atoms with Crippen LogP contribution in [-0.4, -0.2) is 38.4 Å². The van der Waals surface area contributed by atoms with Crippen molar-refractivity contribution in [2.45, 2.75) is 6.42 Å². The van der Waals surface area contributed by atoms with Gasteiger partial charge in [0.15, 0.2) is 5.78 Å². The molecule has 0 aromatic heterocycles. The summed E-state index contributed by atoms with van der Waals surface area (Å²) in [4.78, 5) is 25.2. The van der Waals surface area contributed by atoms with Gasteiger partial charge in [-0.15, -0.1) is 11.6 Å². The fourth-order valence-electron chi connectivity index (χ4n) is 2.64. The van der Waals surface area contributed by atoms with Gasteiger partial charge in [-0.05, 0) is 36.2 Å². The van der Waals surface area contributed by atoms with Gasteiger partial charge >= 0.3 is 5.97 Å². The highest BCUT2D eigenvalue weighted by Gasteiger charge is 2.30. The van der Waals surface area contributed by atoms with Gasteiger partial charge in [0.25, 0.3) is 0 Å². The Labute approximate surface area is 158 Å². The average Bonchev–Trinajstić information content (AvgIpc) is 2.70. The zero-order chi connectivity index (χ0) is 18.9. The summed E-state index contributed by atoms with van der Waals surface area (Å²) in [6, 6.07) is 14.3. The Balaban J connectivity index is 2.22. The first kappa shape index (κ1) is 19.8. The molecule has 0 aliphatic carbocycles. The third kappa shape index (κ3) is 4.99. The number of hydrogen-bond donors (Lipinski definition) is 1. The van der Waals surface area contributed by atoms with Gasteiger partial charge < -0.3 is 14.8 Å². The van der Waals surface area contributed by atoms with E-state index >= 15 is 0 Å². The number of Topliss-reactive ketones (excluding diaryl/α,β-unsaturated/α-hetero) is 1. The van der Waals surface area contributed by atoms with E-state index in [0.29, 0.717) is 29.5 Å². The Morgan fingerprint density at radius 2 is 1.81 bits per heavy atom. The summed E-state index contributed by atoms with van der Waals surface area (Å²) in [5.74, 6) is -0.640.